The first-order chi connectivity index (χ1) is 17.2. The summed E-state index contributed by atoms with van der Waals surface area (Å²) in [6.45, 7) is 0.623. The molecule has 186 valence electrons. The van der Waals surface area contributed by atoms with Crippen molar-refractivity contribution < 1.29 is 22.8 Å². The highest BCUT2D eigenvalue weighted by Gasteiger charge is 2.28. The quantitative estimate of drug-likeness (QED) is 0.487. The number of sulfonamides is 1. The van der Waals surface area contributed by atoms with Crippen LogP contribution in [0.1, 0.15) is 41.2 Å². The number of benzene rings is 2. The molecule has 4 rings (SSSR count). The third-order valence-electron chi connectivity index (χ3n) is 5.65. The van der Waals surface area contributed by atoms with Crippen molar-refractivity contribution in [3.63, 3.8) is 0 Å². The van der Waals surface area contributed by atoms with Gasteiger partial charge < -0.3 is 10.2 Å². The number of amides is 3. The number of hydrogen-bond donors (Lipinski definition) is 2. The van der Waals surface area contributed by atoms with Crippen LogP contribution in [0.5, 0.6) is 0 Å². The zero-order chi connectivity index (χ0) is 25.7. The van der Waals surface area contributed by atoms with Gasteiger partial charge in [-0.1, -0.05) is 41.9 Å². The highest BCUT2D eigenvalue weighted by atomic mass is 35.5. The molecule has 0 spiro atoms. The number of carbonyl (C=O) groups excluding carboxylic acids is 3. The van der Waals surface area contributed by atoms with Crippen LogP contribution in [-0.4, -0.2) is 37.7 Å². The summed E-state index contributed by atoms with van der Waals surface area (Å²) in [6.07, 6.45) is 3.42. The van der Waals surface area contributed by atoms with E-state index in [1.165, 1.54) is 12.1 Å². The van der Waals surface area contributed by atoms with Crippen LogP contribution in [0.3, 0.4) is 0 Å². The highest BCUT2D eigenvalue weighted by molar-refractivity contribution is 7.90. The van der Waals surface area contributed by atoms with Gasteiger partial charge in [0.2, 0.25) is 5.91 Å². The van der Waals surface area contributed by atoms with E-state index in [1.54, 1.807) is 59.5 Å². The van der Waals surface area contributed by atoms with E-state index in [0.717, 1.165) is 19.0 Å². The molecule has 2 aromatic carbocycles. The van der Waals surface area contributed by atoms with Crippen LogP contribution in [-0.2, 0) is 19.6 Å². The number of carbonyl (C=O) groups is 3. The fraction of sp³-hybridized carbons (Fsp3) is 0.200. The smallest absolute Gasteiger partial charge is 0.281 e. The molecule has 9 nitrogen and oxygen atoms in total. The van der Waals surface area contributed by atoms with Crippen LogP contribution in [0.4, 0.5) is 5.69 Å². The summed E-state index contributed by atoms with van der Waals surface area (Å²) in [4.78, 5) is 43.7. The molecule has 2 heterocycles. The molecule has 3 amide bonds. The molecule has 3 aromatic rings. The molecule has 0 bridgehead atoms. The minimum Gasteiger partial charge on any atom is -0.336 e. The van der Waals surface area contributed by atoms with Crippen molar-refractivity contribution in [3.8, 4) is 0 Å². The van der Waals surface area contributed by atoms with Crippen LogP contribution < -0.4 is 14.9 Å². The number of pyridine rings is 1. The number of nitrogens with one attached hydrogen (secondary N) is 2. The molecule has 1 aliphatic rings. The lowest BCUT2D eigenvalue weighted by Crippen LogP contribution is -2.42. The Hall–Kier alpha value is -3.76. The van der Waals surface area contributed by atoms with E-state index in [0.29, 0.717) is 24.2 Å². The standard InChI is InChI=1S/C25H23ClN4O5S/c26-19-11-14-21(27-16-19)36(34,35)29-25(33)23(17-6-2-1-3-7-17)28-24(32)18-9-12-20(13-10-18)30-15-5-4-8-22(30)31/h1-3,6-7,9-14,16,23H,4-5,8,15H2,(H,28,32)(H,29,33). The number of piperidine rings is 1. The van der Waals surface area contributed by atoms with Gasteiger partial charge in [0.15, 0.2) is 5.03 Å². The lowest BCUT2D eigenvalue weighted by atomic mass is 10.1. The van der Waals surface area contributed by atoms with Crippen molar-refractivity contribution in [1.82, 2.24) is 15.0 Å². The Morgan fingerprint density at radius 2 is 1.69 bits per heavy atom. The van der Waals surface area contributed by atoms with Crippen LogP contribution >= 0.6 is 11.6 Å². The monoisotopic (exact) mass is 526 g/mol. The summed E-state index contributed by atoms with van der Waals surface area (Å²) in [5.41, 5.74) is 1.33. The average molecular weight is 527 g/mol. The van der Waals surface area contributed by atoms with Crippen LogP contribution in [0.2, 0.25) is 5.02 Å². The molecule has 1 saturated heterocycles. The van der Waals surface area contributed by atoms with Gasteiger partial charge >= 0.3 is 0 Å². The Kier molecular flexibility index (Phi) is 7.66. The molecule has 0 saturated carbocycles. The third kappa shape index (κ3) is 5.89. The maximum absolute atomic E-state index is 13.1. The normalized spacial score (nSPS) is 14.7. The first-order valence-electron chi connectivity index (χ1n) is 11.2. The highest BCUT2D eigenvalue weighted by Crippen LogP contribution is 2.22. The van der Waals surface area contributed by atoms with Gasteiger partial charge in [-0.15, -0.1) is 0 Å². The number of hydrogen-bond acceptors (Lipinski definition) is 6. The zero-order valence-corrected chi connectivity index (χ0v) is 20.6. The van der Waals surface area contributed by atoms with E-state index in [1.807, 2.05) is 4.72 Å². The molecule has 1 fully saturated rings. The average Bonchev–Trinajstić information content (AvgIpc) is 2.88. The molecular weight excluding hydrogens is 504 g/mol. The maximum Gasteiger partial charge on any atom is 0.281 e. The van der Waals surface area contributed by atoms with E-state index in [-0.39, 0.29) is 21.5 Å². The Morgan fingerprint density at radius 3 is 2.33 bits per heavy atom. The largest absolute Gasteiger partial charge is 0.336 e. The minimum absolute atomic E-state index is 0.0376. The molecule has 1 unspecified atom stereocenters. The fourth-order valence-corrected chi connectivity index (χ4v) is 4.83. The number of nitrogens with zero attached hydrogens (tertiary/aromatic N) is 2. The summed E-state index contributed by atoms with van der Waals surface area (Å²) in [6, 6.07) is 15.9. The second-order valence-electron chi connectivity index (χ2n) is 8.15. The first-order valence-corrected chi connectivity index (χ1v) is 13.1. The van der Waals surface area contributed by atoms with Crippen molar-refractivity contribution in [2.75, 3.05) is 11.4 Å². The zero-order valence-electron chi connectivity index (χ0n) is 19.1. The molecule has 1 atom stereocenters. The van der Waals surface area contributed by atoms with Crippen molar-refractivity contribution in [3.05, 3.63) is 89.1 Å². The van der Waals surface area contributed by atoms with E-state index in [2.05, 4.69) is 10.3 Å². The second kappa shape index (κ2) is 10.9. The number of anilines is 1. The lowest BCUT2D eigenvalue weighted by Gasteiger charge is -2.27. The minimum atomic E-state index is -4.31. The second-order valence-corrected chi connectivity index (χ2v) is 10.2. The lowest BCUT2D eigenvalue weighted by molar-refractivity contribution is -0.121. The van der Waals surface area contributed by atoms with E-state index in [4.69, 9.17) is 11.6 Å². The predicted molar refractivity (Wildman–Crippen MR) is 134 cm³/mol. The van der Waals surface area contributed by atoms with Gasteiger partial charge in [0.05, 0.1) is 5.02 Å². The Bertz CT molecular complexity index is 1360. The molecule has 11 heteroatoms. The Balaban J connectivity index is 1.53. The topological polar surface area (TPSA) is 126 Å². The van der Waals surface area contributed by atoms with Gasteiger partial charge in [0.25, 0.3) is 21.8 Å². The van der Waals surface area contributed by atoms with Crippen LogP contribution in [0.25, 0.3) is 0 Å². The van der Waals surface area contributed by atoms with Gasteiger partial charge in [0, 0.05) is 30.4 Å². The molecule has 0 aliphatic carbocycles. The van der Waals surface area contributed by atoms with Gasteiger partial charge in [-0.3, -0.25) is 14.4 Å². The van der Waals surface area contributed by atoms with E-state index < -0.39 is 27.9 Å². The van der Waals surface area contributed by atoms with Crippen LogP contribution in [0, 0.1) is 0 Å². The SMILES string of the molecule is O=C(NC(C(=O)NS(=O)(=O)c1ccc(Cl)cn1)c1ccccc1)c1ccc(N2CCCCC2=O)cc1. The Labute approximate surface area is 213 Å². The summed E-state index contributed by atoms with van der Waals surface area (Å²) in [7, 11) is -4.31. The predicted octanol–water partition coefficient (Wildman–Crippen LogP) is 3.23. The summed E-state index contributed by atoms with van der Waals surface area (Å²) < 4.78 is 27.3. The van der Waals surface area contributed by atoms with Gasteiger partial charge in [-0.05, 0) is 54.8 Å². The van der Waals surface area contributed by atoms with Crippen molar-refractivity contribution >= 4 is 45.0 Å². The van der Waals surface area contributed by atoms with E-state index in [9.17, 15) is 22.8 Å². The number of aromatic nitrogens is 1. The van der Waals surface area contributed by atoms with Crippen LogP contribution in [0.15, 0.2) is 78.0 Å². The summed E-state index contributed by atoms with van der Waals surface area (Å²) >= 11 is 5.76. The van der Waals surface area contributed by atoms with Crippen molar-refractivity contribution in [1.29, 1.82) is 0 Å². The molecule has 2 N–H and O–H groups in total. The maximum atomic E-state index is 13.1. The number of rotatable bonds is 7. The molecule has 1 aromatic heterocycles. The van der Waals surface area contributed by atoms with Crippen molar-refractivity contribution in [2.45, 2.75) is 30.3 Å². The molecule has 1 aliphatic heterocycles. The fourth-order valence-electron chi connectivity index (χ4n) is 3.80. The van der Waals surface area contributed by atoms with Gasteiger partial charge in [-0.25, -0.2) is 9.71 Å². The molecular formula is C25H23ClN4O5S. The van der Waals surface area contributed by atoms with E-state index >= 15 is 0 Å². The molecule has 0 radical (unpaired) electrons. The van der Waals surface area contributed by atoms with Crippen molar-refractivity contribution in [2.24, 2.45) is 0 Å². The number of halogens is 1. The summed E-state index contributed by atoms with van der Waals surface area (Å²) in [5, 5.41) is 2.46. The van der Waals surface area contributed by atoms with Gasteiger partial charge in [0.1, 0.15) is 6.04 Å². The third-order valence-corrected chi connectivity index (χ3v) is 7.13. The summed E-state index contributed by atoms with van der Waals surface area (Å²) in [5.74, 6) is -1.50. The first kappa shape index (κ1) is 25.3. The van der Waals surface area contributed by atoms with Gasteiger partial charge in [-0.2, -0.15) is 8.42 Å². The Morgan fingerprint density at radius 1 is 0.972 bits per heavy atom. The molecule has 36 heavy (non-hydrogen) atoms.